The molecule has 1 heterocycles. The second-order valence-corrected chi connectivity index (χ2v) is 8.39. The van der Waals surface area contributed by atoms with Crippen LogP contribution in [0.25, 0.3) is 49.7 Å². The lowest BCUT2D eigenvalue weighted by molar-refractivity contribution is 1.18. The number of halogens is 1. The smallest absolute Gasteiger partial charge is 0.0541 e. The molecule has 32 heavy (non-hydrogen) atoms. The Kier molecular flexibility index (Phi) is 4.56. The van der Waals surface area contributed by atoms with E-state index in [1.807, 2.05) is 18.2 Å². The predicted octanol–water partition coefficient (Wildman–Crippen LogP) is 8.77. The van der Waals surface area contributed by atoms with Crippen molar-refractivity contribution in [3.05, 3.63) is 126 Å². The first kappa shape index (κ1) is 18.9. The van der Waals surface area contributed by atoms with Gasteiger partial charge in [-0.25, -0.2) is 0 Å². The van der Waals surface area contributed by atoms with Crippen molar-refractivity contribution in [2.24, 2.45) is 0 Å². The molecule has 0 fully saturated rings. The Hall–Kier alpha value is -3.81. The molecular formula is C30H20ClN. The van der Waals surface area contributed by atoms with Crippen LogP contribution in [0.2, 0.25) is 5.02 Å². The summed E-state index contributed by atoms with van der Waals surface area (Å²) in [4.78, 5) is 0. The molecular weight excluding hydrogens is 410 g/mol. The van der Waals surface area contributed by atoms with Crippen molar-refractivity contribution in [2.45, 2.75) is 0 Å². The minimum absolute atomic E-state index is 0.762. The van der Waals surface area contributed by atoms with Gasteiger partial charge in [0.1, 0.15) is 0 Å². The van der Waals surface area contributed by atoms with Gasteiger partial charge in [0.25, 0.3) is 0 Å². The molecule has 0 N–H and O–H groups in total. The van der Waals surface area contributed by atoms with Crippen molar-refractivity contribution in [2.75, 3.05) is 0 Å². The zero-order chi connectivity index (χ0) is 21.5. The normalized spacial score (nSPS) is 11.3. The van der Waals surface area contributed by atoms with Crippen molar-refractivity contribution in [1.29, 1.82) is 0 Å². The number of rotatable bonds is 3. The van der Waals surface area contributed by atoms with E-state index in [-0.39, 0.29) is 0 Å². The van der Waals surface area contributed by atoms with Gasteiger partial charge in [0.15, 0.2) is 0 Å². The Morgan fingerprint density at radius 2 is 1.12 bits per heavy atom. The highest BCUT2D eigenvalue weighted by Gasteiger charge is 2.14. The van der Waals surface area contributed by atoms with Gasteiger partial charge >= 0.3 is 0 Å². The van der Waals surface area contributed by atoms with Gasteiger partial charge in [-0.15, -0.1) is 0 Å². The van der Waals surface area contributed by atoms with Crippen LogP contribution < -0.4 is 0 Å². The van der Waals surface area contributed by atoms with Crippen molar-refractivity contribution >= 4 is 33.4 Å². The minimum Gasteiger partial charge on any atom is -0.309 e. The average molecular weight is 430 g/mol. The highest BCUT2D eigenvalue weighted by atomic mass is 35.5. The fourth-order valence-corrected chi connectivity index (χ4v) is 4.84. The van der Waals surface area contributed by atoms with Crippen molar-refractivity contribution in [1.82, 2.24) is 4.57 Å². The highest BCUT2D eigenvalue weighted by molar-refractivity contribution is 6.33. The van der Waals surface area contributed by atoms with Crippen LogP contribution in [0.3, 0.4) is 0 Å². The van der Waals surface area contributed by atoms with Crippen LogP contribution >= 0.6 is 11.6 Å². The zero-order valence-corrected chi connectivity index (χ0v) is 18.1. The number of hydrogen-bond acceptors (Lipinski definition) is 0. The number of aromatic nitrogens is 1. The SMILES string of the molecule is Clc1cc(-c2ccccc2)ccc1-c1ccc2c(c1)c1ccccc1n2-c1ccccc1. The van der Waals surface area contributed by atoms with Gasteiger partial charge in [-0.2, -0.15) is 0 Å². The monoisotopic (exact) mass is 429 g/mol. The highest BCUT2D eigenvalue weighted by Crippen LogP contribution is 2.37. The number of hydrogen-bond donors (Lipinski definition) is 0. The molecule has 0 radical (unpaired) electrons. The Labute approximate surface area is 192 Å². The first-order valence-electron chi connectivity index (χ1n) is 10.7. The van der Waals surface area contributed by atoms with Gasteiger partial charge in [0.2, 0.25) is 0 Å². The second-order valence-electron chi connectivity index (χ2n) is 7.98. The van der Waals surface area contributed by atoms with Crippen molar-refractivity contribution < 1.29 is 0 Å². The summed E-state index contributed by atoms with van der Waals surface area (Å²) in [6.07, 6.45) is 0. The van der Waals surface area contributed by atoms with Crippen LogP contribution in [0.1, 0.15) is 0 Å². The molecule has 1 nitrogen and oxygen atoms in total. The van der Waals surface area contributed by atoms with Gasteiger partial charge in [-0.3, -0.25) is 0 Å². The maximum absolute atomic E-state index is 6.78. The van der Waals surface area contributed by atoms with Crippen LogP contribution in [-0.2, 0) is 0 Å². The number of para-hydroxylation sites is 2. The summed E-state index contributed by atoms with van der Waals surface area (Å²) in [6.45, 7) is 0. The molecule has 1 aromatic heterocycles. The van der Waals surface area contributed by atoms with E-state index in [1.54, 1.807) is 0 Å². The van der Waals surface area contributed by atoms with E-state index in [0.717, 1.165) is 27.4 Å². The molecule has 0 saturated carbocycles. The maximum atomic E-state index is 6.78. The molecule has 2 heteroatoms. The van der Waals surface area contributed by atoms with Gasteiger partial charge in [-0.1, -0.05) is 96.5 Å². The van der Waals surface area contributed by atoms with Crippen LogP contribution in [0.5, 0.6) is 0 Å². The van der Waals surface area contributed by atoms with E-state index >= 15 is 0 Å². The molecule has 5 aromatic carbocycles. The Morgan fingerprint density at radius 1 is 0.469 bits per heavy atom. The van der Waals surface area contributed by atoms with E-state index in [9.17, 15) is 0 Å². The topological polar surface area (TPSA) is 4.93 Å². The van der Waals surface area contributed by atoms with Crippen molar-refractivity contribution in [3.8, 4) is 27.9 Å². The number of benzene rings is 5. The quantitative estimate of drug-likeness (QED) is 0.265. The van der Waals surface area contributed by atoms with Crippen LogP contribution in [0.15, 0.2) is 121 Å². The standard InChI is InChI=1S/C30H20ClN/c31-28-20-22(21-9-3-1-4-10-21)15-17-25(28)23-16-18-30-27(19-23)26-13-7-8-14-29(26)32(30)24-11-5-2-6-12-24/h1-20H. The molecule has 0 aliphatic heterocycles. The molecule has 0 unspecified atom stereocenters. The Morgan fingerprint density at radius 3 is 1.91 bits per heavy atom. The number of fused-ring (bicyclic) bond motifs is 3. The van der Waals surface area contributed by atoms with Crippen LogP contribution in [-0.4, -0.2) is 4.57 Å². The third-order valence-corrected chi connectivity index (χ3v) is 6.39. The fourth-order valence-electron chi connectivity index (χ4n) is 4.56. The summed E-state index contributed by atoms with van der Waals surface area (Å²) in [5, 5.41) is 3.23. The van der Waals surface area contributed by atoms with E-state index in [4.69, 9.17) is 11.6 Å². The summed E-state index contributed by atoms with van der Waals surface area (Å²) >= 11 is 6.78. The third-order valence-electron chi connectivity index (χ3n) is 6.07. The maximum Gasteiger partial charge on any atom is 0.0541 e. The largest absolute Gasteiger partial charge is 0.309 e. The first-order chi connectivity index (χ1) is 15.8. The molecule has 0 atom stereocenters. The summed E-state index contributed by atoms with van der Waals surface area (Å²) < 4.78 is 2.33. The summed E-state index contributed by atoms with van der Waals surface area (Å²) in [6, 6.07) is 42.4. The number of nitrogens with zero attached hydrogens (tertiary/aromatic N) is 1. The Balaban J connectivity index is 1.53. The lowest BCUT2D eigenvalue weighted by Crippen LogP contribution is -1.92. The molecule has 0 bridgehead atoms. The van der Waals surface area contributed by atoms with Crippen LogP contribution in [0.4, 0.5) is 0 Å². The minimum atomic E-state index is 0.762. The first-order valence-corrected chi connectivity index (χ1v) is 11.1. The van der Waals surface area contributed by atoms with E-state index in [2.05, 4.69) is 108 Å². The molecule has 0 aliphatic rings. The average Bonchev–Trinajstić information content (AvgIpc) is 3.19. The lowest BCUT2D eigenvalue weighted by atomic mass is 9.99. The molecule has 0 amide bonds. The molecule has 0 spiro atoms. The summed E-state index contributed by atoms with van der Waals surface area (Å²) in [5.74, 6) is 0. The molecule has 6 rings (SSSR count). The summed E-state index contributed by atoms with van der Waals surface area (Å²) in [7, 11) is 0. The zero-order valence-electron chi connectivity index (χ0n) is 17.4. The fraction of sp³-hybridized carbons (Fsp3) is 0. The molecule has 6 aromatic rings. The third kappa shape index (κ3) is 3.10. The van der Waals surface area contributed by atoms with E-state index in [0.29, 0.717) is 0 Å². The molecule has 152 valence electrons. The lowest BCUT2D eigenvalue weighted by Gasteiger charge is -2.10. The van der Waals surface area contributed by atoms with Gasteiger partial charge in [0.05, 0.1) is 11.0 Å². The van der Waals surface area contributed by atoms with Crippen molar-refractivity contribution in [3.63, 3.8) is 0 Å². The van der Waals surface area contributed by atoms with Gasteiger partial charge in [-0.05, 0) is 53.1 Å². The van der Waals surface area contributed by atoms with E-state index < -0.39 is 0 Å². The second kappa shape index (κ2) is 7.71. The molecule has 0 saturated heterocycles. The van der Waals surface area contributed by atoms with E-state index in [1.165, 1.54) is 27.4 Å². The van der Waals surface area contributed by atoms with Gasteiger partial charge < -0.3 is 4.57 Å². The van der Waals surface area contributed by atoms with Gasteiger partial charge in [0, 0.05) is 27.0 Å². The summed E-state index contributed by atoms with van der Waals surface area (Å²) in [5.41, 5.74) is 8.03. The molecule has 0 aliphatic carbocycles. The Bertz CT molecular complexity index is 1560. The van der Waals surface area contributed by atoms with Crippen LogP contribution in [0, 0.1) is 0 Å². The predicted molar refractivity (Wildman–Crippen MR) is 137 cm³/mol.